The summed E-state index contributed by atoms with van der Waals surface area (Å²) in [4.78, 5) is 12.5. The summed E-state index contributed by atoms with van der Waals surface area (Å²) in [5.41, 5.74) is 0.766. The van der Waals surface area contributed by atoms with Gasteiger partial charge in [-0.1, -0.05) is 37.5 Å². The van der Waals surface area contributed by atoms with E-state index < -0.39 is 0 Å². The highest BCUT2D eigenvalue weighted by Gasteiger charge is 2.30. The normalized spacial score (nSPS) is 18.6. The first-order valence-corrected chi connectivity index (χ1v) is 7.71. The number of carbonyl (C=O) groups excluding carboxylic acids is 1. The number of hydrogen-bond acceptors (Lipinski definition) is 2. The van der Waals surface area contributed by atoms with Gasteiger partial charge in [0, 0.05) is 15.1 Å². The molecule has 0 saturated heterocycles. The Kier molecular flexibility index (Phi) is 5.18. The number of carbonyl (C=O) groups is 1. The van der Waals surface area contributed by atoms with Crippen LogP contribution in [0.4, 0.5) is 0 Å². The summed E-state index contributed by atoms with van der Waals surface area (Å²) < 4.78 is 0.981. The fourth-order valence-electron chi connectivity index (χ4n) is 2.84. The summed E-state index contributed by atoms with van der Waals surface area (Å²) in [6.07, 6.45) is 5.83. The molecule has 0 amide bonds. The van der Waals surface area contributed by atoms with Crippen molar-refractivity contribution in [2.45, 2.75) is 32.1 Å². The molecule has 0 aliphatic heterocycles. The zero-order valence-electron chi connectivity index (χ0n) is 10.4. The lowest BCUT2D eigenvalue weighted by Crippen LogP contribution is -2.29. The molecule has 1 aromatic carbocycles. The van der Waals surface area contributed by atoms with Gasteiger partial charge in [-0.05, 0) is 47.4 Å². The van der Waals surface area contributed by atoms with E-state index in [1.165, 1.54) is 19.3 Å². The monoisotopic (exact) mass is 358 g/mol. The Balaban J connectivity index is 2.17. The molecule has 1 atom stereocenters. The molecule has 0 spiro atoms. The Morgan fingerprint density at radius 3 is 2.56 bits per heavy atom. The van der Waals surface area contributed by atoms with Gasteiger partial charge in [0.15, 0.2) is 5.78 Å². The molecule has 1 N–H and O–H groups in total. The maximum atomic E-state index is 12.5. The molecule has 3 heteroatoms. The molecule has 2 rings (SSSR count). The number of aliphatic hydroxyl groups is 1. The molecular weight excluding hydrogens is 339 g/mol. The molecule has 0 radical (unpaired) electrons. The van der Waals surface area contributed by atoms with Crippen LogP contribution in [-0.2, 0) is 0 Å². The van der Waals surface area contributed by atoms with Crippen molar-refractivity contribution in [2.75, 3.05) is 6.61 Å². The van der Waals surface area contributed by atoms with Crippen LogP contribution in [0, 0.1) is 15.4 Å². The quantitative estimate of drug-likeness (QED) is 0.659. The minimum atomic E-state index is -0.207. The van der Waals surface area contributed by atoms with Crippen LogP contribution in [0.5, 0.6) is 0 Å². The van der Waals surface area contributed by atoms with Gasteiger partial charge in [-0.3, -0.25) is 4.79 Å². The van der Waals surface area contributed by atoms with Gasteiger partial charge in [-0.25, -0.2) is 0 Å². The van der Waals surface area contributed by atoms with Crippen LogP contribution in [0.15, 0.2) is 24.3 Å². The highest BCUT2D eigenvalue weighted by Crippen LogP contribution is 2.32. The minimum Gasteiger partial charge on any atom is -0.396 e. The van der Waals surface area contributed by atoms with Crippen molar-refractivity contribution in [3.05, 3.63) is 33.4 Å². The highest BCUT2D eigenvalue weighted by molar-refractivity contribution is 14.1. The maximum Gasteiger partial charge on any atom is 0.169 e. The van der Waals surface area contributed by atoms with Gasteiger partial charge in [0.05, 0.1) is 6.61 Å². The van der Waals surface area contributed by atoms with Gasteiger partial charge in [-0.2, -0.15) is 0 Å². The van der Waals surface area contributed by atoms with E-state index in [-0.39, 0.29) is 18.3 Å². The van der Waals surface area contributed by atoms with E-state index in [1.807, 2.05) is 24.3 Å². The standard InChI is InChI=1S/C15H19IO2/c16-14-9-5-4-8-12(14)15(18)13(10-17)11-6-2-1-3-7-11/h4-5,8-9,11,13,17H,1-3,6-7,10H2. The van der Waals surface area contributed by atoms with E-state index >= 15 is 0 Å². The minimum absolute atomic E-state index is 0.0194. The molecule has 2 nitrogen and oxygen atoms in total. The first kappa shape index (κ1) is 14.0. The number of benzene rings is 1. The van der Waals surface area contributed by atoms with Crippen LogP contribution >= 0.6 is 22.6 Å². The third-order valence-electron chi connectivity index (χ3n) is 3.89. The molecule has 1 aliphatic rings. The Labute approximate surface area is 122 Å². The summed E-state index contributed by atoms with van der Waals surface area (Å²) in [6.45, 7) is -0.0194. The smallest absolute Gasteiger partial charge is 0.169 e. The summed E-state index contributed by atoms with van der Waals surface area (Å²) in [6, 6.07) is 7.65. The third-order valence-corrected chi connectivity index (χ3v) is 4.83. The van der Waals surface area contributed by atoms with E-state index in [2.05, 4.69) is 22.6 Å². The number of halogens is 1. The number of hydrogen-bond donors (Lipinski definition) is 1. The molecule has 1 unspecified atom stereocenters. The fraction of sp³-hybridized carbons (Fsp3) is 0.533. The van der Waals surface area contributed by atoms with E-state index in [0.29, 0.717) is 5.92 Å². The number of aliphatic hydroxyl groups excluding tert-OH is 1. The van der Waals surface area contributed by atoms with Crippen LogP contribution in [0.2, 0.25) is 0 Å². The van der Waals surface area contributed by atoms with Crippen molar-refractivity contribution in [2.24, 2.45) is 11.8 Å². The molecule has 1 aliphatic carbocycles. The number of Topliss-reactive ketones (excluding diaryl/α,β-unsaturated/α-hetero) is 1. The van der Waals surface area contributed by atoms with E-state index in [0.717, 1.165) is 22.0 Å². The topological polar surface area (TPSA) is 37.3 Å². The van der Waals surface area contributed by atoms with E-state index in [1.54, 1.807) is 0 Å². The molecule has 1 aromatic rings. The Morgan fingerprint density at radius 2 is 1.94 bits per heavy atom. The van der Waals surface area contributed by atoms with Gasteiger partial charge in [0.2, 0.25) is 0 Å². The second-order valence-electron chi connectivity index (χ2n) is 5.03. The zero-order valence-corrected chi connectivity index (χ0v) is 12.6. The lowest BCUT2D eigenvalue weighted by atomic mass is 9.77. The highest BCUT2D eigenvalue weighted by atomic mass is 127. The maximum absolute atomic E-state index is 12.5. The average Bonchev–Trinajstić information content (AvgIpc) is 2.41. The molecule has 1 fully saturated rings. The van der Waals surface area contributed by atoms with Crippen molar-refractivity contribution in [1.82, 2.24) is 0 Å². The van der Waals surface area contributed by atoms with Crippen molar-refractivity contribution in [3.8, 4) is 0 Å². The number of ketones is 1. The van der Waals surface area contributed by atoms with Gasteiger partial charge in [-0.15, -0.1) is 0 Å². The fourth-order valence-corrected chi connectivity index (χ4v) is 3.50. The Bertz CT molecular complexity index is 411. The molecular formula is C15H19IO2. The van der Waals surface area contributed by atoms with E-state index in [4.69, 9.17) is 0 Å². The summed E-state index contributed by atoms with van der Waals surface area (Å²) in [5.74, 6) is 0.280. The second-order valence-corrected chi connectivity index (χ2v) is 6.19. The molecule has 18 heavy (non-hydrogen) atoms. The van der Waals surface area contributed by atoms with E-state index in [9.17, 15) is 9.90 Å². The second kappa shape index (κ2) is 6.66. The molecule has 0 aromatic heterocycles. The Morgan fingerprint density at radius 1 is 1.28 bits per heavy atom. The predicted molar refractivity (Wildman–Crippen MR) is 80.6 cm³/mol. The van der Waals surface area contributed by atoms with Crippen LogP contribution in [0.3, 0.4) is 0 Å². The van der Waals surface area contributed by atoms with Gasteiger partial charge < -0.3 is 5.11 Å². The molecule has 1 saturated carbocycles. The number of rotatable bonds is 4. The van der Waals surface area contributed by atoms with Gasteiger partial charge in [0.25, 0.3) is 0 Å². The molecule has 98 valence electrons. The van der Waals surface area contributed by atoms with Crippen LogP contribution in [0.1, 0.15) is 42.5 Å². The average molecular weight is 358 g/mol. The van der Waals surface area contributed by atoms with Crippen molar-refractivity contribution in [3.63, 3.8) is 0 Å². The molecule has 0 heterocycles. The molecule has 0 bridgehead atoms. The first-order valence-electron chi connectivity index (χ1n) is 6.63. The summed E-state index contributed by atoms with van der Waals surface area (Å²) in [7, 11) is 0. The summed E-state index contributed by atoms with van der Waals surface area (Å²) >= 11 is 2.19. The van der Waals surface area contributed by atoms with Crippen molar-refractivity contribution >= 4 is 28.4 Å². The van der Waals surface area contributed by atoms with Crippen LogP contribution in [0.25, 0.3) is 0 Å². The first-order chi connectivity index (χ1) is 8.74. The van der Waals surface area contributed by atoms with Crippen molar-refractivity contribution in [1.29, 1.82) is 0 Å². The van der Waals surface area contributed by atoms with Gasteiger partial charge >= 0.3 is 0 Å². The largest absolute Gasteiger partial charge is 0.396 e. The van der Waals surface area contributed by atoms with Crippen LogP contribution < -0.4 is 0 Å². The predicted octanol–water partition coefficient (Wildman–Crippen LogP) is 3.66. The van der Waals surface area contributed by atoms with Crippen molar-refractivity contribution < 1.29 is 9.90 Å². The lowest BCUT2D eigenvalue weighted by Gasteiger charge is -2.28. The lowest BCUT2D eigenvalue weighted by molar-refractivity contribution is 0.0741. The third kappa shape index (κ3) is 3.12. The van der Waals surface area contributed by atoms with Crippen LogP contribution in [-0.4, -0.2) is 17.5 Å². The zero-order chi connectivity index (χ0) is 13.0. The SMILES string of the molecule is O=C(c1ccccc1I)C(CO)C1CCCCC1. The Hall–Kier alpha value is -0.420. The van der Waals surface area contributed by atoms with Gasteiger partial charge in [0.1, 0.15) is 0 Å². The summed E-state index contributed by atoms with van der Waals surface area (Å²) in [5, 5.41) is 9.58.